The summed E-state index contributed by atoms with van der Waals surface area (Å²) in [6.45, 7) is 0.284. The Morgan fingerprint density at radius 1 is 1.33 bits per heavy atom. The zero-order chi connectivity index (χ0) is 15.4. The third kappa shape index (κ3) is 5.32. The van der Waals surface area contributed by atoms with Crippen LogP contribution in [0.4, 0.5) is 10.1 Å². The van der Waals surface area contributed by atoms with E-state index in [4.69, 9.17) is 11.6 Å². The lowest BCUT2D eigenvalue weighted by Crippen LogP contribution is -3.11. The Morgan fingerprint density at radius 3 is 2.67 bits per heavy atom. The van der Waals surface area contributed by atoms with Crippen molar-refractivity contribution in [3.8, 4) is 0 Å². The Labute approximate surface area is 127 Å². The molecular formula is C14H18ClFN3O2+. The van der Waals surface area contributed by atoms with Gasteiger partial charge >= 0.3 is 0 Å². The smallest absolute Gasteiger partial charge is 0.279 e. The molecule has 2 rings (SSSR count). The van der Waals surface area contributed by atoms with Gasteiger partial charge in [0.25, 0.3) is 11.8 Å². The molecule has 1 aliphatic rings. The molecule has 0 aromatic heterocycles. The first-order chi connectivity index (χ1) is 9.94. The van der Waals surface area contributed by atoms with Gasteiger partial charge in [-0.25, -0.2) is 4.39 Å². The first-order valence-corrected chi connectivity index (χ1v) is 7.17. The minimum absolute atomic E-state index is 0.0442. The van der Waals surface area contributed by atoms with E-state index >= 15 is 0 Å². The zero-order valence-corrected chi connectivity index (χ0v) is 12.5. The Kier molecular flexibility index (Phi) is 5.14. The van der Waals surface area contributed by atoms with Crippen molar-refractivity contribution in [3.63, 3.8) is 0 Å². The predicted octanol–water partition coefficient (Wildman–Crippen LogP) is 0.211. The molecule has 0 aliphatic heterocycles. The summed E-state index contributed by atoms with van der Waals surface area (Å²) in [6.07, 6.45) is 2.05. The molecule has 21 heavy (non-hydrogen) atoms. The van der Waals surface area contributed by atoms with Crippen LogP contribution in [-0.4, -0.2) is 38.0 Å². The minimum atomic E-state index is -0.545. The first-order valence-electron chi connectivity index (χ1n) is 6.79. The Bertz CT molecular complexity index is 549. The van der Waals surface area contributed by atoms with E-state index in [1.807, 2.05) is 0 Å². The fourth-order valence-corrected chi connectivity index (χ4v) is 2.08. The highest BCUT2D eigenvalue weighted by molar-refractivity contribution is 6.30. The summed E-state index contributed by atoms with van der Waals surface area (Å²) in [6, 6.07) is 4.26. The fourth-order valence-electron chi connectivity index (χ4n) is 1.90. The first kappa shape index (κ1) is 15.7. The molecule has 1 aliphatic carbocycles. The number of hydrogen-bond acceptors (Lipinski definition) is 2. The van der Waals surface area contributed by atoms with Gasteiger partial charge in [-0.2, -0.15) is 0 Å². The monoisotopic (exact) mass is 314 g/mol. The number of nitrogens with one attached hydrogen (secondary N) is 3. The standard InChI is InChI=1S/C14H17ClFN3O2/c1-19(7-13(20)17-10-3-4-10)8-14(21)18-12-6-9(15)2-5-11(12)16/h2,5-6,10H,3-4,7-8H2,1H3,(H,17,20)(H,18,21)/p+1. The molecule has 0 radical (unpaired) electrons. The van der Waals surface area contributed by atoms with Crippen LogP contribution in [0.25, 0.3) is 0 Å². The van der Waals surface area contributed by atoms with Crippen molar-refractivity contribution in [2.75, 3.05) is 25.5 Å². The molecule has 0 spiro atoms. The molecule has 0 bridgehead atoms. The Hall–Kier alpha value is -1.66. The van der Waals surface area contributed by atoms with Crippen LogP contribution in [0.1, 0.15) is 12.8 Å². The molecule has 1 unspecified atom stereocenters. The Balaban J connectivity index is 1.80. The van der Waals surface area contributed by atoms with Crippen LogP contribution in [0.15, 0.2) is 18.2 Å². The van der Waals surface area contributed by atoms with Crippen molar-refractivity contribution in [2.45, 2.75) is 18.9 Å². The van der Waals surface area contributed by atoms with Gasteiger partial charge in [-0.05, 0) is 31.0 Å². The number of anilines is 1. The van der Waals surface area contributed by atoms with Crippen LogP contribution in [0.2, 0.25) is 5.02 Å². The highest BCUT2D eigenvalue weighted by atomic mass is 35.5. The maximum atomic E-state index is 13.5. The van der Waals surface area contributed by atoms with Crippen LogP contribution in [0.5, 0.6) is 0 Å². The quantitative estimate of drug-likeness (QED) is 0.703. The topological polar surface area (TPSA) is 62.6 Å². The number of benzene rings is 1. The van der Waals surface area contributed by atoms with E-state index in [0.717, 1.165) is 17.7 Å². The van der Waals surface area contributed by atoms with Crippen molar-refractivity contribution >= 4 is 29.1 Å². The van der Waals surface area contributed by atoms with Crippen molar-refractivity contribution in [1.82, 2.24) is 5.32 Å². The number of amides is 2. The molecule has 1 saturated carbocycles. The predicted molar refractivity (Wildman–Crippen MR) is 77.8 cm³/mol. The average molecular weight is 315 g/mol. The highest BCUT2D eigenvalue weighted by Crippen LogP contribution is 2.19. The van der Waals surface area contributed by atoms with Crippen molar-refractivity contribution < 1.29 is 18.9 Å². The number of halogens is 2. The normalized spacial score (nSPS) is 15.4. The molecule has 0 heterocycles. The SMILES string of the molecule is C[NH+](CC(=O)Nc1cc(Cl)ccc1F)CC(=O)NC1CC1. The number of rotatable bonds is 6. The molecule has 2 amide bonds. The number of carbonyl (C=O) groups is 2. The second kappa shape index (κ2) is 6.87. The zero-order valence-electron chi connectivity index (χ0n) is 11.7. The molecule has 1 aromatic carbocycles. The van der Waals surface area contributed by atoms with Crippen LogP contribution < -0.4 is 15.5 Å². The molecule has 0 saturated heterocycles. The number of carbonyl (C=O) groups excluding carboxylic acids is 2. The van der Waals surface area contributed by atoms with Gasteiger partial charge in [-0.15, -0.1) is 0 Å². The summed E-state index contributed by atoms with van der Waals surface area (Å²) < 4.78 is 13.5. The van der Waals surface area contributed by atoms with E-state index < -0.39 is 5.82 Å². The highest BCUT2D eigenvalue weighted by Gasteiger charge is 2.25. The van der Waals surface area contributed by atoms with Gasteiger partial charge in [0.1, 0.15) is 5.82 Å². The maximum absolute atomic E-state index is 13.5. The van der Waals surface area contributed by atoms with Gasteiger partial charge < -0.3 is 15.5 Å². The van der Waals surface area contributed by atoms with Crippen molar-refractivity contribution in [2.24, 2.45) is 0 Å². The molecule has 1 atom stereocenters. The van der Waals surface area contributed by atoms with Crippen LogP contribution in [-0.2, 0) is 9.59 Å². The van der Waals surface area contributed by atoms with E-state index in [-0.39, 0.29) is 30.6 Å². The van der Waals surface area contributed by atoms with Gasteiger partial charge in [0.05, 0.1) is 12.7 Å². The van der Waals surface area contributed by atoms with E-state index in [2.05, 4.69) is 10.6 Å². The molecule has 5 nitrogen and oxygen atoms in total. The number of likely N-dealkylation sites (N-methyl/N-ethyl adjacent to an activating group) is 1. The van der Waals surface area contributed by atoms with Crippen molar-refractivity contribution in [3.05, 3.63) is 29.0 Å². The average Bonchev–Trinajstić information content (AvgIpc) is 3.17. The van der Waals surface area contributed by atoms with E-state index in [9.17, 15) is 14.0 Å². The van der Waals surface area contributed by atoms with Gasteiger partial charge in [0, 0.05) is 11.1 Å². The van der Waals surface area contributed by atoms with Gasteiger partial charge in [0.2, 0.25) is 0 Å². The van der Waals surface area contributed by atoms with Gasteiger partial charge in [0.15, 0.2) is 13.1 Å². The molecule has 114 valence electrons. The van der Waals surface area contributed by atoms with Crippen LogP contribution in [0, 0.1) is 5.82 Å². The molecule has 3 N–H and O–H groups in total. The summed E-state index contributed by atoms with van der Waals surface area (Å²) in [5, 5.41) is 5.66. The lowest BCUT2D eigenvalue weighted by atomic mass is 10.3. The fraction of sp³-hybridized carbons (Fsp3) is 0.429. The minimum Gasteiger partial charge on any atom is -0.348 e. The summed E-state index contributed by atoms with van der Waals surface area (Å²) >= 11 is 5.75. The second-order valence-corrected chi connectivity index (χ2v) is 5.76. The van der Waals surface area contributed by atoms with Crippen LogP contribution in [0.3, 0.4) is 0 Å². The molecule has 1 fully saturated rings. The van der Waals surface area contributed by atoms with Gasteiger partial charge in [-0.3, -0.25) is 9.59 Å². The van der Waals surface area contributed by atoms with Crippen molar-refractivity contribution in [1.29, 1.82) is 0 Å². The lowest BCUT2D eigenvalue weighted by Gasteiger charge is -2.14. The van der Waals surface area contributed by atoms with E-state index in [0.29, 0.717) is 11.1 Å². The second-order valence-electron chi connectivity index (χ2n) is 5.32. The van der Waals surface area contributed by atoms with E-state index in [1.54, 1.807) is 7.05 Å². The molecule has 7 heteroatoms. The summed E-state index contributed by atoms with van der Waals surface area (Å²) in [5.74, 6) is -0.985. The molecular weight excluding hydrogens is 297 g/mol. The Morgan fingerprint density at radius 2 is 2.00 bits per heavy atom. The largest absolute Gasteiger partial charge is 0.348 e. The summed E-state index contributed by atoms with van der Waals surface area (Å²) in [7, 11) is 1.74. The summed E-state index contributed by atoms with van der Waals surface area (Å²) in [4.78, 5) is 24.2. The van der Waals surface area contributed by atoms with E-state index in [1.165, 1.54) is 18.2 Å². The maximum Gasteiger partial charge on any atom is 0.279 e. The summed E-state index contributed by atoms with van der Waals surface area (Å²) in [5.41, 5.74) is 0.0442. The number of hydrogen-bond donors (Lipinski definition) is 3. The third-order valence-electron chi connectivity index (χ3n) is 3.07. The lowest BCUT2D eigenvalue weighted by molar-refractivity contribution is -0.862. The molecule has 1 aromatic rings. The number of quaternary nitrogens is 1. The third-order valence-corrected chi connectivity index (χ3v) is 3.30. The van der Waals surface area contributed by atoms with Gasteiger partial charge in [-0.1, -0.05) is 11.6 Å². The van der Waals surface area contributed by atoms with Crippen LogP contribution >= 0.6 is 11.6 Å².